The maximum Gasteiger partial charge on any atom is 0.330 e. The number of aryl methyl sites for hydroxylation is 2. The largest absolute Gasteiger partial charge is 0.463 e. The van der Waals surface area contributed by atoms with Gasteiger partial charge < -0.3 is 4.74 Å². The third kappa shape index (κ3) is 5.19. The maximum atomic E-state index is 12.6. The van der Waals surface area contributed by atoms with E-state index in [1.54, 1.807) is 43.3 Å². The van der Waals surface area contributed by atoms with Gasteiger partial charge in [-0.15, -0.1) is 0 Å². The van der Waals surface area contributed by atoms with Crippen molar-refractivity contribution >= 4 is 27.8 Å². The fourth-order valence-electron chi connectivity index (χ4n) is 2.17. The molecule has 0 saturated carbocycles. The Balaban J connectivity index is 2.33. The average molecular weight is 359 g/mol. The van der Waals surface area contributed by atoms with Crippen molar-refractivity contribution in [3.63, 3.8) is 0 Å². The quantitative estimate of drug-likeness (QED) is 0.631. The zero-order valence-corrected chi connectivity index (χ0v) is 15.3. The van der Waals surface area contributed by atoms with Crippen LogP contribution >= 0.6 is 0 Å². The van der Waals surface area contributed by atoms with E-state index in [1.807, 2.05) is 19.9 Å². The van der Waals surface area contributed by atoms with Gasteiger partial charge >= 0.3 is 5.97 Å². The molecule has 2 aromatic rings. The van der Waals surface area contributed by atoms with Crippen LogP contribution in [0.2, 0.25) is 0 Å². The van der Waals surface area contributed by atoms with E-state index in [4.69, 9.17) is 4.74 Å². The van der Waals surface area contributed by atoms with Crippen LogP contribution in [0.5, 0.6) is 0 Å². The molecule has 0 heterocycles. The molecule has 0 bridgehead atoms. The van der Waals surface area contributed by atoms with Crippen LogP contribution in [-0.2, 0) is 19.6 Å². The fraction of sp³-hybridized carbons (Fsp3) is 0.211. The molecule has 0 aromatic heterocycles. The summed E-state index contributed by atoms with van der Waals surface area (Å²) in [6, 6.07) is 11.9. The molecular formula is C19H21NO4S. The van der Waals surface area contributed by atoms with Gasteiger partial charge in [-0.2, -0.15) is 0 Å². The van der Waals surface area contributed by atoms with Crippen molar-refractivity contribution in [1.82, 2.24) is 0 Å². The Kier molecular flexibility index (Phi) is 5.98. The maximum absolute atomic E-state index is 12.6. The Morgan fingerprint density at radius 2 is 1.72 bits per heavy atom. The number of rotatable bonds is 6. The van der Waals surface area contributed by atoms with Crippen LogP contribution < -0.4 is 4.72 Å². The first-order valence-electron chi connectivity index (χ1n) is 7.87. The summed E-state index contributed by atoms with van der Waals surface area (Å²) in [4.78, 5) is 11.7. The second-order valence-corrected chi connectivity index (χ2v) is 7.28. The van der Waals surface area contributed by atoms with Crippen LogP contribution in [0.25, 0.3) is 6.08 Å². The average Bonchev–Trinajstić information content (AvgIpc) is 2.54. The number of esters is 1. The van der Waals surface area contributed by atoms with Crippen molar-refractivity contribution in [2.75, 3.05) is 11.3 Å². The second-order valence-electron chi connectivity index (χ2n) is 5.59. The summed E-state index contributed by atoms with van der Waals surface area (Å²) in [5.74, 6) is -0.476. The first-order chi connectivity index (χ1) is 11.8. The Labute approximate surface area is 148 Å². The van der Waals surface area contributed by atoms with Crippen molar-refractivity contribution < 1.29 is 17.9 Å². The summed E-state index contributed by atoms with van der Waals surface area (Å²) < 4.78 is 32.6. The molecule has 0 aliphatic rings. The Morgan fingerprint density at radius 3 is 2.36 bits per heavy atom. The molecule has 6 heteroatoms. The Morgan fingerprint density at radius 1 is 1.08 bits per heavy atom. The SMILES string of the molecule is CCOC(=O)/C=C/c1ccc(C)cc1NS(=O)(=O)c1ccc(C)cc1. The van der Waals surface area contributed by atoms with Gasteiger partial charge in [0.15, 0.2) is 0 Å². The lowest BCUT2D eigenvalue weighted by Gasteiger charge is -2.12. The molecule has 0 aliphatic carbocycles. The van der Waals surface area contributed by atoms with Gasteiger partial charge in [-0.3, -0.25) is 4.72 Å². The number of carbonyl (C=O) groups is 1. The highest BCUT2D eigenvalue weighted by Crippen LogP contribution is 2.23. The van der Waals surface area contributed by atoms with Crippen LogP contribution in [-0.4, -0.2) is 21.0 Å². The van der Waals surface area contributed by atoms with Gasteiger partial charge in [0.25, 0.3) is 10.0 Å². The van der Waals surface area contributed by atoms with E-state index in [0.717, 1.165) is 11.1 Å². The number of hydrogen-bond acceptors (Lipinski definition) is 4. The smallest absolute Gasteiger partial charge is 0.330 e. The van der Waals surface area contributed by atoms with Gasteiger partial charge in [0.05, 0.1) is 17.2 Å². The predicted octanol–water partition coefficient (Wildman–Crippen LogP) is 3.68. The zero-order chi connectivity index (χ0) is 18.4. The Bertz CT molecular complexity index is 884. The van der Waals surface area contributed by atoms with E-state index < -0.39 is 16.0 Å². The van der Waals surface area contributed by atoms with E-state index in [-0.39, 0.29) is 11.5 Å². The zero-order valence-electron chi connectivity index (χ0n) is 14.4. The lowest BCUT2D eigenvalue weighted by molar-refractivity contribution is -0.137. The summed E-state index contributed by atoms with van der Waals surface area (Å²) in [6.07, 6.45) is 2.81. The van der Waals surface area contributed by atoms with Crippen molar-refractivity contribution in [2.45, 2.75) is 25.7 Å². The molecule has 0 saturated heterocycles. The molecule has 25 heavy (non-hydrogen) atoms. The molecular weight excluding hydrogens is 338 g/mol. The van der Waals surface area contributed by atoms with Crippen molar-refractivity contribution in [1.29, 1.82) is 0 Å². The first kappa shape index (κ1) is 18.7. The summed E-state index contributed by atoms with van der Waals surface area (Å²) in [5.41, 5.74) is 2.86. The standard InChI is InChI=1S/C19H21NO4S/c1-4-24-19(21)12-9-16-8-5-15(3)13-18(16)20-25(22,23)17-10-6-14(2)7-11-17/h5-13,20H,4H2,1-3H3/b12-9+. The van der Waals surface area contributed by atoms with Crippen LogP contribution in [0.15, 0.2) is 53.4 Å². The van der Waals surface area contributed by atoms with Gasteiger partial charge in [0.1, 0.15) is 0 Å². The van der Waals surface area contributed by atoms with Crippen molar-refractivity contribution in [2.24, 2.45) is 0 Å². The number of benzene rings is 2. The van der Waals surface area contributed by atoms with Gasteiger partial charge in [-0.1, -0.05) is 29.8 Å². The lowest BCUT2D eigenvalue weighted by Crippen LogP contribution is -2.14. The van der Waals surface area contributed by atoms with E-state index in [2.05, 4.69) is 4.72 Å². The monoisotopic (exact) mass is 359 g/mol. The molecule has 0 radical (unpaired) electrons. The number of carbonyl (C=O) groups excluding carboxylic acids is 1. The molecule has 0 amide bonds. The van der Waals surface area contributed by atoms with Crippen LogP contribution in [0.1, 0.15) is 23.6 Å². The minimum atomic E-state index is -3.72. The molecule has 0 atom stereocenters. The Hall–Kier alpha value is -2.60. The molecule has 0 aliphatic heterocycles. The van der Waals surface area contributed by atoms with E-state index in [1.165, 1.54) is 12.2 Å². The van der Waals surface area contributed by atoms with Crippen molar-refractivity contribution in [3.05, 3.63) is 65.2 Å². The molecule has 0 spiro atoms. The second kappa shape index (κ2) is 7.98. The third-order valence-electron chi connectivity index (χ3n) is 3.47. The number of ether oxygens (including phenoxy) is 1. The number of hydrogen-bond donors (Lipinski definition) is 1. The molecule has 5 nitrogen and oxygen atoms in total. The minimum absolute atomic E-state index is 0.180. The number of sulfonamides is 1. The van der Waals surface area contributed by atoms with Gasteiger partial charge in [0, 0.05) is 6.08 Å². The van der Waals surface area contributed by atoms with Gasteiger partial charge in [0.2, 0.25) is 0 Å². The molecule has 0 unspecified atom stereocenters. The van der Waals surface area contributed by atoms with Gasteiger partial charge in [-0.05, 0) is 56.2 Å². The molecule has 132 valence electrons. The molecule has 2 rings (SSSR count). The van der Waals surface area contributed by atoms with E-state index in [0.29, 0.717) is 11.3 Å². The minimum Gasteiger partial charge on any atom is -0.463 e. The summed E-state index contributed by atoms with van der Waals surface area (Å²) in [7, 11) is -3.72. The van der Waals surface area contributed by atoms with E-state index >= 15 is 0 Å². The summed E-state index contributed by atoms with van der Waals surface area (Å²) >= 11 is 0. The normalized spacial score (nSPS) is 11.5. The number of anilines is 1. The lowest BCUT2D eigenvalue weighted by atomic mass is 10.1. The highest BCUT2D eigenvalue weighted by Gasteiger charge is 2.15. The van der Waals surface area contributed by atoms with E-state index in [9.17, 15) is 13.2 Å². The van der Waals surface area contributed by atoms with Crippen molar-refractivity contribution in [3.8, 4) is 0 Å². The van der Waals surface area contributed by atoms with Gasteiger partial charge in [-0.25, -0.2) is 13.2 Å². The van der Waals surface area contributed by atoms with Crippen LogP contribution in [0.3, 0.4) is 0 Å². The molecule has 0 fully saturated rings. The summed E-state index contributed by atoms with van der Waals surface area (Å²) in [6.45, 7) is 5.76. The van der Waals surface area contributed by atoms with Crippen LogP contribution in [0, 0.1) is 13.8 Å². The first-order valence-corrected chi connectivity index (χ1v) is 9.35. The van der Waals surface area contributed by atoms with Crippen LogP contribution in [0.4, 0.5) is 5.69 Å². The third-order valence-corrected chi connectivity index (χ3v) is 4.85. The molecule has 1 N–H and O–H groups in total. The fourth-order valence-corrected chi connectivity index (χ4v) is 3.25. The predicted molar refractivity (Wildman–Crippen MR) is 98.8 cm³/mol. The number of nitrogens with one attached hydrogen (secondary N) is 1. The summed E-state index contributed by atoms with van der Waals surface area (Å²) in [5, 5.41) is 0. The highest BCUT2D eigenvalue weighted by atomic mass is 32.2. The molecule has 2 aromatic carbocycles. The topological polar surface area (TPSA) is 72.5 Å². The highest BCUT2D eigenvalue weighted by molar-refractivity contribution is 7.92.